The molecule has 51 heavy (non-hydrogen) atoms. The molecule has 0 fully saturated rings. The Labute approximate surface area is 292 Å². The van der Waals surface area contributed by atoms with Crippen molar-refractivity contribution in [1.82, 2.24) is 18.7 Å². The minimum atomic E-state index is -1.66. The molecule has 0 unspecified atom stereocenters. The van der Waals surface area contributed by atoms with Gasteiger partial charge in [-0.15, -0.1) is 0 Å². The van der Waals surface area contributed by atoms with Crippen LogP contribution in [0.25, 0.3) is 22.1 Å². The van der Waals surface area contributed by atoms with Crippen molar-refractivity contribution in [3.05, 3.63) is 99.6 Å². The highest BCUT2D eigenvalue weighted by Gasteiger charge is 2.27. The molecule has 0 aliphatic carbocycles. The molecule has 16 nitrogen and oxygen atoms in total. The first-order chi connectivity index (χ1) is 23.8. The SMILES string of the molecule is CC(C)=CCn1c(=O)c(=O)n(C[C@H](O)[C@H](O)[C@H](O)CO)c2cc(C)c(C)cc21.Cc1cc2[nH]c(=O)c(=O)n(C[C@H](O)[C@H](O)[C@H](O)CO)c2cc1C. The van der Waals surface area contributed by atoms with Crippen molar-refractivity contribution in [2.24, 2.45) is 0 Å². The Balaban J connectivity index is 0.000000281. The topological polar surface area (TPSA) is 261 Å². The van der Waals surface area contributed by atoms with Crippen LogP contribution in [0.1, 0.15) is 36.1 Å². The number of fused-ring (bicyclic) bond motifs is 2. The number of aromatic amines is 1. The molecule has 0 bridgehead atoms. The van der Waals surface area contributed by atoms with Gasteiger partial charge in [-0.25, -0.2) is 0 Å². The molecule has 0 saturated heterocycles. The van der Waals surface area contributed by atoms with Gasteiger partial charge in [-0.3, -0.25) is 32.9 Å². The highest BCUT2D eigenvalue weighted by atomic mass is 16.4. The van der Waals surface area contributed by atoms with E-state index in [4.69, 9.17) is 10.2 Å². The molecular weight excluding hydrogens is 668 g/mol. The summed E-state index contributed by atoms with van der Waals surface area (Å²) in [5.41, 5.74) is 3.20. The van der Waals surface area contributed by atoms with Crippen LogP contribution < -0.4 is 22.2 Å². The minimum absolute atomic E-state index is 0.241. The number of aliphatic hydroxyl groups is 8. The number of aryl methyl sites for hydroxylation is 4. The van der Waals surface area contributed by atoms with Gasteiger partial charge in [0.1, 0.15) is 36.6 Å². The van der Waals surface area contributed by atoms with Gasteiger partial charge in [-0.1, -0.05) is 11.6 Å². The number of nitrogens with one attached hydrogen (secondary N) is 1. The van der Waals surface area contributed by atoms with E-state index in [2.05, 4.69) is 4.98 Å². The molecule has 4 aromatic rings. The van der Waals surface area contributed by atoms with Crippen molar-refractivity contribution in [3.8, 4) is 0 Å². The summed E-state index contributed by atoms with van der Waals surface area (Å²) in [6.45, 7) is 9.25. The van der Waals surface area contributed by atoms with Gasteiger partial charge in [-0.2, -0.15) is 0 Å². The molecular formula is C35H48N4O12. The van der Waals surface area contributed by atoms with Crippen molar-refractivity contribution in [3.63, 3.8) is 0 Å². The summed E-state index contributed by atoms with van der Waals surface area (Å²) in [6, 6.07) is 6.98. The number of H-pyrrole nitrogens is 1. The van der Waals surface area contributed by atoms with Crippen LogP contribution in [-0.4, -0.2) is 109 Å². The van der Waals surface area contributed by atoms with E-state index >= 15 is 0 Å². The van der Waals surface area contributed by atoms with Crippen LogP contribution in [0.2, 0.25) is 0 Å². The van der Waals surface area contributed by atoms with Crippen molar-refractivity contribution in [2.75, 3.05) is 13.2 Å². The smallest absolute Gasteiger partial charge is 0.317 e. The lowest BCUT2D eigenvalue weighted by atomic mass is 10.1. The molecule has 2 heterocycles. The fourth-order valence-corrected chi connectivity index (χ4v) is 5.34. The quantitative estimate of drug-likeness (QED) is 0.0582. The first-order valence-electron chi connectivity index (χ1n) is 16.3. The third-order valence-electron chi connectivity index (χ3n) is 8.81. The summed E-state index contributed by atoms with van der Waals surface area (Å²) in [5.74, 6) is 0. The summed E-state index contributed by atoms with van der Waals surface area (Å²) < 4.78 is 3.55. The predicted octanol–water partition coefficient (Wildman–Crippen LogP) is -1.80. The van der Waals surface area contributed by atoms with Gasteiger partial charge in [0, 0.05) is 6.54 Å². The molecule has 16 heteroatoms. The summed E-state index contributed by atoms with van der Waals surface area (Å²) >= 11 is 0. The van der Waals surface area contributed by atoms with Gasteiger partial charge in [0.05, 0.1) is 48.4 Å². The molecule has 280 valence electrons. The normalized spacial score (nSPS) is 15.1. The molecule has 2 aromatic carbocycles. The molecule has 6 atom stereocenters. The molecule has 0 spiro atoms. The molecule has 0 radical (unpaired) electrons. The summed E-state index contributed by atoms with van der Waals surface area (Å²) in [5, 5.41) is 76.5. The standard InChI is InChI=1S/C20H28N2O6.C15H20N2O6/c1-11(2)5-6-21-14-7-12(3)13(4)8-15(14)22(20(28)19(21)27)9-16(24)18(26)17(25)10-23;1-7-3-9-10(4-8(7)2)17(15(23)14(22)16-9)5-11(19)13(21)12(20)6-18/h5,7-8,16-18,23-26H,6,9-10H2,1-4H3;3-4,11-13,18-21H,5-6H2,1-2H3,(H,16,22)/t16-,17+,18-;11-,12+,13-/m00/s1. The maximum absolute atomic E-state index is 12.7. The Bertz CT molecular complexity index is 2130. The monoisotopic (exact) mass is 716 g/mol. The zero-order valence-electron chi connectivity index (χ0n) is 29.4. The third-order valence-corrected chi connectivity index (χ3v) is 8.81. The summed E-state index contributed by atoms with van der Waals surface area (Å²) in [7, 11) is 0. The van der Waals surface area contributed by atoms with E-state index in [0.717, 1.165) is 37.0 Å². The minimum Gasteiger partial charge on any atom is -0.394 e. The fraction of sp³-hybridized carbons (Fsp3) is 0.486. The average Bonchev–Trinajstić information content (AvgIpc) is 3.09. The van der Waals surface area contributed by atoms with Gasteiger partial charge >= 0.3 is 22.2 Å². The zero-order valence-corrected chi connectivity index (χ0v) is 29.4. The van der Waals surface area contributed by atoms with Crippen LogP contribution in [-0.2, 0) is 19.6 Å². The van der Waals surface area contributed by atoms with Crippen molar-refractivity contribution in [1.29, 1.82) is 0 Å². The Morgan fingerprint density at radius 1 is 0.608 bits per heavy atom. The van der Waals surface area contributed by atoms with Crippen LogP contribution in [0.15, 0.2) is 55.1 Å². The molecule has 0 amide bonds. The number of nitrogens with zero attached hydrogens (tertiary/aromatic N) is 3. The van der Waals surface area contributed by atoms with Crippen molar-refractivity contribution >= 4 is 22.1 Å². The van der Waals surface area contributed by atoms with Gasteiger partial charge in [-0.05, 0) is 88.1 Å². The Kier molecular flexibility index (Phi) is 14.0. The van der Waals surface area contributed by atoms with E-state index in [1.165, 1.54) is 4.57 Å². The van der Waals surface area contributed by atoms with Gasteiger partial charge in [0.25, 0.3) is 0 Å². The van der Waals surface area contributed by atoms with Crippen LogP contribution >= 0.6 is 0 Å². The fourth-order valence-electron chi connectivity index (χ4n) is 5.34. The molecule has 0 aliphatic rings. The van der Waals surface area contributed by atoms with Crippen LogP contribution in [0, 0.1) is 27.7 Å². The summed E-state index contributed by atoms with van der Waals surface area (Å²) in [6.07, 6.45) is -7.63. The van der Waals surface area contributed by atoms with Crippen molar-refractivity contribution < 1.29 is 40.9 Å². The lowest BCUT2D eigenvalue weighted by molar-refractivity contribution is -0.0805. The van der Waals surface area contributed by atoms with Crippen LogP contribution in [0.5, 0.6) is 0 Å². The second-order valence-electron chi connectivity index (χ2n) is 13.0. The highest BCUT2D eigenvalue weighted by Crippen LogP contribution is 2.19. The molecule has 4 rings (SSSR count). The van der Waals surface area contributed by atoms with E-state index in [-0.39, 0.29) is 13.1 Å². The molecule has 0 aliphatic heterocycles. The third kappa shape index (κ3) is 9.35. The highest BCUT2D eigenvalue weighted by molar-refractivity contribution is 5.78. The number of allylic oxidation sites excluding steroid dienone is 2. The van der Waals surface area contributed by atoms with E-state index in [9.17, 15) is 49.8 Å². The Morgan fingerprint density at radius 3 is 1.45 bits per heavy atom. The molecule has 0 saturated carbocycles. The number of aliphatic hydroxyl groups excluding tert-OH is 8. The number of hydrogen-bond acceptors (Lipinski definition) is 12. The maximum atomic E-state index is 12.7. The van der Waals surface area contributed by atoms with E-state index in [1.807, 2.05) is 53.7 Å². The molecule has 2 aromatic heterocycles. The first-order valence-corrected chi connectivity index (χ1v) is 16.3. The van der Waals surface area contributed by atoms with Gasteiger partial charge < -0.3 is 45.8 Å². The predicted molar refractivity (Wildman–Crippen MR) is 190 cm³/mol. The number of hydrogen-bond donors (Lipinski definition) is 9. The zero-order chi connectivity index (χ0) is 38.5. The average molecular weight is 717 g/mol. The van der Waals surface area contributed by atoms with Crippen LogP contribution in [0.3, 0.4) is 0 Å². The van der Waals surface area contributed by atoms with E-state index in [0.29, 0.717) is 22.1 Å². The maximum Gasteiger partial charge on any atom is 0.317 e. The second-order valence-corrected chi connectivity index (χ2v) is 13.0. The Hall–Kier alpha value is -4.26. The number of rotatable bonds is 12. The Morgan fingerprint density at radius 2 is 1.00 bits per heavy atom. The van der Waals surface area contributed by atoms with Gasteiger partial charge in [0.15, 0.2) is 0 Å². The largest absolute Gasteiger partial charge is 0.394 e. The molecule has 9 N–H and O–H groups in total. The number of aromatic nitrogens is 4. The lowest BCUT2D eigenvalue weighted by Gasteiger charge is -2.23. The van der Waals surface area contributed by atoms with Crippen LogP contribution in [0.4, 0.5) is 0 Å². The lowest BCUT2D eigenvalue weighted by Crippen LogP contribution is -2.47. The summed E-state index contributed by atoms with van der Waals surface area (Å²) in [4.78, 5) is 51.8. The van der Waals surface area contributed by atoms with E-state index in [1.54, 1.807) is 18.2 Å². The van der Waals surface area contributed by atoms with Crippen molar-refractivity contribution in [2.45, 2.75) is 97.8 Å². The second kappa shape index (κ2) is 17.3. The van der Waals surface area contributed by atoms with Gasteiger partial charge in [0.2, 0.25) is 0 Å². The number of benzene rings is 2. The van der Waals surface area contributed by atoms with E-state index < -0.39 is 78.6 Å². The first kappa shape index (κ1) is 41.2.